The highest BCUT2D eigenvalue weighted by Crippen LogP contribution is 2.23. The Balaban J connectivity index is 2.23. The van der Waals surface area contributed by atoms with Crippen molar-refractivity contribution in [1.82, 2.24) is 4.98 Å². The molecule has 0 bridgehead atoms. The van der Waals surface area contributed by atoms with Crippen LogP contribution in [0.25, 0.3) is 0 Å². The summed E-state index contributed by atoms with van der Waals surface area (Å²) in [6, 6.07) is 3.90. The summed E-state index contributed by atoms with van der Waals surface area (Å²) in [5, 5.41) is 0. The quantitative estimate of drug-likeness (QED) is 0.643. The van der Waals surface area contributed by atoms with Gasteiger partial charge in [-0.05, 0) is 17.7 Å². The van der Waals surface area contributed by atoms with Crippen molar-refractivity contribution in [2.75, 3.05) is 18.9 Å². The molecule has 2 rings (SSSR count). The number of ether oxygens (including phenoxy) is 1. The minimum Gasteiger partial charge on any atom is -0.384 e. The van der Waals surface area contributed by atoms with Crippen LogP contribution in [0.5, 0.6) is 0 Å². The van der Waals surface area contributed by atoms with Crippen LogP contribution in [0.3, 0.4) is 0 Å². The minimum absolute atomic E-state index is 0.542. The van der Waals surface area contributed by atoms with E-state index in [0.29, 0.717) is 11.7 Å². The molecule has 1 aromatic heterocycles. The molecule has 58 valence electrons. The predicted octanol–water partition coefficient (Wildman–Crippen LogP) is 0.778. The molecule has 0 unspecified atom stereocenters. The number of aromatic nitrogens is 1. The van der Waals surface area contributed by atoms with Crippen LogP contribution in [0, 0.1) is 0 Å². The zero-order chi connectivity index (χ0) is 7.68. The fourth-order valence-corrected chi connectivity index (χ4v) is 1.15. The lowest BCUT2D eigenvalue weighted by atomic mass is 9.99. The van der Waals surface area contributed by atoms with Gasteiger partial charge in [-0.25, -0.2) is 4.98 Å². The summed E-state index contributed by atoms with van der Waals surface area (Å²) in [7, 11) is 0. The zero-order valence-corrected chi connectivity index (χ0v) is 6.16. The van der Waals surface area contributed by atoms with Gasteiger partial charge in [-0.15, -0.1) is 0 Å². The first-order valence-corrected chi connectivity index (χ1v) is 3.65. The van der Waals surface area contributed by atoms with Crippen molar-refractivity contribution < 1.29 is 4.74 Å². The molecule has 0 spiro atoms. The molecule has 0 atom stereocenters. The van der Waals surface area contributed by atoms with Gasteiger partial charge in [-0.1, -0.05) is 0 Å². The monoisotopic (exact) mass is 150 g/mol. The van der Waals surface area contributed by atoms with Crippen molar-refractivity contribution >= 4 is 5.82 Å². The summed E-state index contributed by atoms with van der Waals surface area (Å²) in [6.07, 6.45) is 1.74. The molecule has 1 aliphatic heterocycles. The van der Waals surface area contributed by atoms with Crippen LogP contribution in [0.2, 0.25) is 0 Å². The largest absolute Gasteiger partial charge is 0.384 e. The van der Waals surface area contributed by atoms with Crippen LogP contribution in [0.15, 0.2) is 18.3 Å². The number of hydrogen-bond acceptors (Lipinski definition) is 3. The van der Waals surface area contributed by atoms with E-state index in [4.69, 9.17) is 10.5 Å². The van der Waals surface area contributed by atoms with Crippen molar-refractivity contribution in [3.05, 3.63) is 23.9 Å². The number of pyridine rings is 1. The van der Waals surface area contributed by atoms with Gasteiger partial charge in [0.25, 0.3) is 0 Å². The van der Waals surface area contributed by atoms with Crippen LogP contribution in [-0.2, 0) is 4.74 Å². The highest BCUT2D eigenvalue weighted by Gasteiger charge is 2.20. The topological polar surface area (TPSA) is 48.1 Å². The molecule has 2 heterocycles. The van der Waals surface area contributed by atoms with Gasteiger partial charge in [0.1, 0.15) is 5.82 Å². The predicted molar refractivity (Wildman–Crippen MR) is 42.2 cm³/mol. The number of anilines is 1. The third kappa shape index (κ3) is 1.19. The van der Waals surface area contributed by atoms with E-state index in [1.165, 1.54) is 5.56 Å². The van der Waals surface area contributed by atoms with E-state index < -0.39 is 0 Å². The molecule has 0 saturated carbocycles. The SMILES string of the molecule is Nc1cc(C2COC2)ccn1. The third-order valence-corrected chi connectivity index (χ3v) is 1.91. The number of hydrogen-bond donors (Lipinski definition) is 1. The standard InChI is InChI=1S/C8H10N2O/c9-8-3-6(1-2-10-8)7-4-11-5-7/h1-3,7H,4-5H2,(H2,9,10). The molecule has 1 aliphatic rings. The summed E-state index contributed by atoms with van der Waals surface area (Å²) < 4.78 is 5.07. The summed E-state index contributed by atoms with van der Waals surface area (Å²) in [6.45, 7) is 1.65. The average Bonchev–Trinajstić information content (AvgIpc) is 1.83. The van der Waals surface area contributed by atoms with E-state index in [0.717, 1.165) is 13.2 Å². The summed E-state index contributed by atoms with van der Waals surface area (Å²) >= 11 is 0. The normalized spacial score (nSPS) is 17.8. The molecule has 0 radical (unpaired) electrons. The molecule has 2 N–H and O–H groups in total. The van der Waals surface area contributed by atoms with Crippen LogP contribution in [0.1, 0.15) is 11.5 Å². The zero-order valence-electron chi connectivity index (χ0n) is 6.16. The van der Waals surface area contributed by atoms with Crippen LogP contribution < -0.4 is 5.73 Å². The molecule has 11 heavy (non-hydrogen) atoms. The first-order valence-electron chi connectivity index (χ1n) is 3.65. The van der Waals surface area contributed by atoms with Gasteiger partial charge < -0.3 is 10.5 Å². The Morgan fingerprint density at radius 2 is 2.36 bits per heavy atom. The second kappa shape index (κ2) is 2.51. The lowest BCUT2D eigenvalue weighted by Crippen LogP contribution is -2.25. The Morgan fingerprint density at radius 3 is 2.91 bits per heavy atom. The second-order valence-electron chi connectivity index (χ2n) is 2.75. The molecule has 1 saturated heterocycles. The Morgan fingerprint density at radius 1 is 1.55 bits per heavy atom. The fourth-order valence-electron chi connectivity index (χ4n) is 1.15. The summed E-state index contributed by atoms with van der Waals surface area (Å²) in [4.78, 5) is 3.92. The smallest absolute Gasteiger partial charge is 0.123 e. The Bertz CT molecular complexity index is 258. The Hall–Kier alpha value is -1.09. The average molecular weight is 150 g/mol. The first kappa shape index (κ1) is 6.61. The second-order valence-corrected chi connectivity index (χ2v) is 2.75. The van der Waals surface area contributed by atoms with E-state index in [-0.39, 0.29) is 0 Å². The molecule has 0 aliphatic carbocycles. The summed E-state index contributed by atoms with van der Waals surface area (Å²) in [5.41, 5.74) is 6.76. The van der Waals surface area contributed by atoms with Gasteiger partial charge in [0.05, 0.1) is 13.2 Å². The van der Waals surface area contributed by atoms with Crippen LogP contribution >= 0.6 is 0 Å². The molecule has 1 aromatic rings. The van der Waals surface area contributed by atoms with Gasteiger partial charge in [0.2, 0.25) is 0 Å². The van der Waals surface area contributed by atoms with Crippen molar-refractivity contribution in [3.63, 3.8) is 0 Å². The van der Waals surface area contributed by atoms with Gasteiger partial charge in [-0.2, -0.15) is 0 Å². The van der Waals surface area contributed by atoms with Crippen molar-refractivity contribution in [3.8, 4) is 0 Å². The van der Waals surface area contributed by atoms with Crippen molar-refractivity contribution in [1.29, 1.82) is 0 Å². The van der Waals surface area contributed by atoms with Gasteiger partial charge in [0.15, 0.2) is 0 Å². The number of nitrogen functional groups attached to an aromatic ring is 1. The van der Waals surface area contributed by atoms with E-state index in [9.17, 15) is 0 Å². The lowest BCUT2D eigenvalue weighted by Gasteiger charge is -2.26. The fraction of sp³-hybridized carbons (Fsp3) is 0.375. The van der Waals surface area contributed by atoms with Gasteiger partial charge in [0, 0.05) is 12.1 Å². The molecular formula is C8H10N2O. The maximum atomic E-state index is 5.52. The van der Waals surface area contributed by atoms with E-state index in [1.54, 1.807) is 6.20 Å². The molecule has 3 nitrogen and oxygen atoms in total. The summed E-state index contributed by atoms with van der Waals surface area (Å²) in [5.74, 6) is 1.13. The van der Waals surface area contributed by atoms with Crippen molar-refractivity contribution in [2.24, 2.45) is 0 Å². The van der Waals surface area contributed by atoms with E-state index in [1.807, 2.05) is 12.1 Å². The van der Waals surface area contributed by atoms with Crippen LogP contribution in [0.4, 0.5) is 5.82 Å². The number of nitrogens with zero attached hydrogens (tertiary/aromatic N) is 1. The first-order chi connectivity index (χ1) is 5.36. The molecule has 0 aromatic carbocycles. The lowest BCUT2D eigenvalue weighted by molar-refractivity contribution is 0.00842. The van der Waals surface area contributed by atoms with Gasteiger partial charge in [-0.3, -0.25) is 0 Å². The van der Waals surface area contributed by atoms with Gasteiger partial charge >= 0.3 is 0 Å². The van der Waals surface area contributed by atoms with E-state index >= 15 is 0 Å². The highest BCUT2D eigenvalue weighted by molar-refractivity contribution is 5.34. The number of nitrogens with two attached hydrogens (primary N) is 1. The Kier molecular flexibility index (Phi) is 1.51. The number of rotatable bonds is 1. The van der Waals surface area contributed by atoms with Crippen molar-refractivity contribution in [2.45, 2.75) is 5.92 Å². The minimum atomic E-state index is 0.542. The van der Waals surface area contributed by atoms with E-state index in [2.05, 4.69) is 4.98 Å². The molecule has 1 fully saturated rings. The Labute approximate surface area is 65.2 Å². The maximum Gasteiger partial charge on any atom is 0.123 e. The molecular weight excluding hydrogens is 140 g/mol. The van der Waals surface area contributed by atoms with Crippen LogP contribution in [-0.4, -0.2) is 18.2 Å². The third-order valence-electron chi connectivity index (χ3n) is 1.91. The molecule has 0 amide bonds. The molecule has 3 heteroatoms. The maximum absolute atomic E-state index is 5.52. The highest BCUT2D eigenvalue weighted by atomic mass is 16.5.